The number of rotatable bonds is 12. The van der Waals surface area contributed by atoms with Gasteiger partial charge in [0.05, 0.1) is 29.5 Å². The molecule has 1 amide bonds. The number of nitrogens with zero attached hydrogens (tertiary/aromatic N) is 2. The van der Waals surface area contributed by atoms with Crippen LogP contribution in [0.4, 0.5) is 8.78 Å². The van der Waals surface area contributed by atoms with Gasteiger partial charge >= 0.3 is 5.92 Å². The van der Waals surface area contributed by atoms with Crippen molar-refractivity contribution >= 4 is 22.6 Å². The SMILES string of the molecule is C[C@H](NC(=O)C(C)(F)F)[C@H](Oc1ccc2c(cnn2-c2cccc(C(=O)CCCC3CCC[C@@H]3O)c2)c1)c1ccc2c(c1)OCCO2. The quantitative estimate of drug-likeness (QED) is 0.167. The normalized spacial score (nSPS) is 18.9. The average molecular weight is 648 g/mol. The predicted molar refractivity (Wildman–Crippen MR) is 172 cm³/mol. The molecule has 2 aliphatic rings. The molecule has 2 N–H and O–H groups in total. The Hall–Kier alpha value is -4.51. The largest absolute Gasteiger partial charge is 0.486 e. The summed E-state index contributed by atoms with van der Waals surface area (Å²) in [7, 11) is 0. The van der Waals surface area contributed by atoms with Gasteiger partial charge in [0.1, 0.15) is 25.1 Å². The third-order valence-electron chi connectivity index (χ3n) is 8.92. The van der Waals surface area contributed by atoms with Crippen LogP contribution in [0.1, 0.15) is 74.4 Å². The van der Waals surface area contributed by atoms with Gasteiger partial charge < -0.3 is 24.6 Å². The highest BCUT2D eigenvalue weighted by Crippen LogP contribution is 2.36. The third kappa shape index (κ3) is 7.40. The smallest absolute Gasteiger partial charge is 0.321 e. The standard InChI is InChI=1S/C36H39F2N3O6/c1-22(40-35(44)36(2,37)38)34(25-12-15-32-33(20-25)46-17-16-45-32)47-28-13-14-29-26(19-28)21-39-41(29)27-9-3-8-24(18-27)31(43)11-5-7-23-6-4-10-30(23)42/h3,8-9,12-15,18-23,30,34,42H,4-7,10-11,16-17H2,1-2H3,(H,40,44)/t22-,23?,30-,34-/m0/s1. The van der Waals surface area contributed by atoms with E-state index in [1.54, 1.807) is 54.2 Å². The maximum Gasteiger partial charge on any atom is 0.321 e. The topological polar surface area (TPSA) is 112 Å². The van der Waals surface area contributed by atoms with E-state index in [4.69, 9.17) is 14.2 Å². The Kier molecular flexibility index (Phi) is 9.45. The van der Waals surface area contributed by atoms with E-state index in [1.807, 2.05) is 24.3 Å². The highest BCUT2D eigenvalue weighted by atomic mass is 19.3. The van der Waals surface area contributed by atoms with Crippen molar-refractivity contribution in [3.8, 4) is 22.9 Å². The monoisotopic (exact) mass is 647 g/mol. The first kappa shape index (κ1) is 32.4. The van der Waals surface area contributed by atoms with E-state index >= 15 is 0 Å². The van der Waals surface area contributed by atoms with Crippen molar-refractivity contribution in [2.24, 2.45) is 5.92 Å². The lowest BCUT2D eigenvalue weighted by Gasteiger charge is -2.28. The fraction of sp³-hybridized carbons (Fsp3) is 0.417. The molecular weight excluding hydrogens is 608 g/mol. The number of aromatic nitrogens is 2. The van der Waals surface area contributed by atoms with E-state index in [-0.39, 0.29) is 11.9 Å². The second-order valence-corrected chi connectivity index (χ2v) is 12.5. The van der Waals surface area contributed by atoms with Gasteiger partial charge in [0, 0.05) is 24.3 Å². The first-order chi connectivity index (χ1) is 22.6. The van der Waals surface area contributed by atoms with Gasteiger partial charge in [-0.05, 0) is 86.6 Å². The number of carbonyl (C=O) groups excluding carboxylic acids is 2. The first-order valence-corrected chi connectivity index (χ1v) is 16.1. The number of nitrogens with one attached hydrogen (secondary N) is 1. The number of aliphatic hydroxyl groups excluding tert-OH is 1. The summed E-state index contributed by atoms with van der Waals surface area (Å²) >= 11 is 0. The van der Waals surface area contributed by atoms with Crippen molar-refractivity contribution in [1.82, 2.24) is 15.1 Å². The lowest BCUT2D eigenvalue weighted by molar-refractivity contribution is -0.144. The van der Waals surface area contributed by atoms with Crippen molar-refractivity contribution in [2.45, 2.75) is 76.5 Å². The molecule has 9 nitrogen and oxygen atoms in total. The number of ketones is 1. The average Bonchev–Trinajstić information content (AvgIpc) is 3.68. The van der Waals surface area contributed by atoms with Crippen LogP contribution in [-0.4, -0.2) is 57.9 Å². The lowest BCUT2D eigenvalue weighted by Crippen LogP contribution is -2.46. The number of alkyl halides is 2. The summed E-state index contributed by atoms with van der Waals surface area (Å²) in [6, 6.07) is 17.1. The predicted octanol–water partition coefficient (Wildman–Crippen LogP) is 6.59. The van der Waals surface area contributed by atoms with E-state index in [0.29, 0.717) is 60.9 Å². The van der Waals surface area contributed by atoms with Crippen LogP contribution in [0.2, 0.25) is 0 Å². The molecule has 11 heteroatoms. The number of hydrogen-bond donors (Lipinski definition) is 2. The number of fused-ring (bicyclic) bond motifs is 2. The Bertz CT molecular complexity index is 1750. The number of carbonyl (C=O) groups is 2. The summed E-state index contributed by atoms with van der Waals surface area (Å²) < 4.78 is 47.0. The molecule has 248 valence electrons. The first-order valence-electron chi connectivity index (χ1n) is 16.1. The molecule has 3 aromatic carbocycles. The van der Waals surface area contributed by atoms with Gasteiger partial charge in [0.25, 0.3) is 5.91 Å². The Labute approximate surface area is 271 Å². The van der Waals surface area contributed by atoms with Gasteiger partial charge in [-0.15, -0.1) is 0 Å². The van der Waals surface area contributed by atoms with E-state index in [9.17, 15) is 23.5 Å². The molecule has 47 heavy (non-hydrogen) atoms. The minimum Gasteiger partial charge on any atom is -0.486 e. The van der Waals surface area contributed by atoms with Crippen LogP contribution in [0.5, 0.6) is 17.2 Å². The van der Waals surface area contributed by atoms with E-state index in [1.165, 1.54) is 0 Å². The highest BCUT2D eigenvalue weighted by molar-refractivity contribution is 5.96. The van der Waals surface area contributed by atoms with Crippen LogP contribution in [0, 0.1) is 5.92 Å². The second kappa shape index (κ2) is 13.7. The van der Waals surface area contributed by atoms with Crippen LogP contribution in [0.3, 0.4) is 0 Å². The molecule has 0 spiro atoms. The van der Waals surface area contributed by atoms with Gasteiger partial charge in [-0.25, -0.2) is 4.68 Å². The number of amides is 1. The maximum atomic E-state index is 13.8. The fourth-order valence-corrected chi connectivity index (χ4v) is 6.38. The molecule has 1 aliphatic carbocycles. The van der Waals surface area contributed by atoms with Crippen molar-refractivity contribution in [3.05, 3.63) is 78.0 Å². The zero-order chi connectivity index (χ0) is 33.1. The van der Waals surface area contributed by atoms with Gasteiger partial charge in [-0.2, -0.15) is 13.9 Å². The van der Waals surface area contributed by atoms with Gasteiger partial charge in [0.15, 0.2) is 17.3 Å². The summed E-state index contributed by atoms with van der Waals surface area (Å²) in [4.78, 5) is 25.2. The van der Waals surface area contributed by atoms with Crippen LogP contribution in [0.15, 0.2) is 66.9 Å². The molecule has 1 unspecified atom stereocenters. The molecule has 1 aromatic heterocycles. The van der Waals surface area contributed by atoms with Crippen LogP contribution in [0.25, 0.3) is 16.6 Å². The molecule has 6 rings (SSSR count). The summed E-state index contributed by atoms with van der Waals surface area (Å²) in [5, 5.41) is 17.8. The molecule has 0 bridgehead atoms. The molecule has 0 radical (unpaired) electrons. The zero-order valence-corrected chi connectivity index (χ0v) is 26.5. The van der Waals surface area contributed by atoms with Gasteiger partial charge in [-0.1, -0.05) is 24.6 Å². The van der Waals surface area contributed by atoms with Gasteiger partial charge in [0.2, 0.25) is 0 Å². The molecule has 2 heterocycles. The lowest BCUT2D eigenvalue weighted by atomic mass is 9.96. The van der Waals surface area contributed by atoms with E-state index in [0.717, 1.165) is 48.7 Å². The molecule has 4 aromatic rings. The number of benzene rings is 3. The minimum absolute atomic E-state index is 0.0544. The van der Waals surface area contributed by atoms with Crippen molar-refractivity contribution in [3.63, 3.8) is 0 Å². The number of ether oxygens (including phenoxy) is 3. The van der Waals surface area contributed by atoms with Crippen molar-refractivity contribution < 1.29 is 37.7 Å². The molecular formula is C36H39F2N3O6. The highest BCUT2D eigenvalue weighted by Gasteiger charge is 2.35. The third-order valence-corrected chi connectivity index (χ3v) is 8.92. The van der Waals surface area contributed by atoms with Crippen molar-refractivity contribution in [1.29, 1.82) is 0 Å². The fourth-order valence-electron chi connectivity index (χ4n) is 6.38. The minimum atomic E-state index is -3.56. The number of aliphatic hydroxyl groups is 1. The van der Waals surface area contributed by atoms with Crippen molar-refractivity contribution in [2.75, 3.05) is 13.2 Å². The summed E-state index contributed by atoms with van der Waals surface area (Å²) in [5.74, 6) is -3.10. The molecule has 1 fully saturated rings. The number of halogens is 2. The van der Waals surface area contributed by atoms with E-state index < -0.39 is 24.0 Å². The number of hydrogen-bond acceptors (Lipinski definition) is 7. The van der Waals surface area contributed by atoms with Crippen LogP contribution in [-0.2, 0) is 4.79 Å². The molecule has 0 saturated heterocycles. The Morgan fingerprint density at radius 1 is 1.09 bits per heavy atom. The second-order valence-electron chi connectivity index (χ2n) is 12.5. The van der Waals surface area contributed by atoms with Crippen LogP contribution >= 0.6 is 0 Å². The van der Waals surface area contributed by atoms with E-state index in [2.05, 4.69) is 10.4 Å². The molecule has 1 aliphatic heterocycles. The molecule has 4 atom stereocenters. The number of Topliss-reactive ketones (excluding diaryl/α,β-unsaturated/α-hetero) is 1. The summed E-state index contributed by atoms with van der Waals surface area (Å²) in [6.07, 6.45) is 5.54. The molecule has 1 saturated carbocycles. The Balaban J connectivity index is 1.20. The summed E-state index contributed by atoms with van der Waals surface area (Å²) in [5.41, 5.74) is 2.73. The van der Waals surface area contributed by atoms with Gasteiger partial charge in [-0.3, -0.25) is 9.59 Å². The Morgan fingerprint density at radius 2 is 1.89 bits per heavy atom. The summed E-state index contributed by atoms with van der Waals surface area (Å²) in [6.45, 7) is 2.95. The zero-order valence-electron chi connectivity index (χ0n) is 26.5. The van der Waals surface area contributed by atoms with Crippen LogP contribution < -0.4 is 19.5 Å². The maximum absolute atomic E-state index is 13.8. The Morgan fingerprint density at radius 3 is 2.66 bits per heavy atom.